The van der Waals surface area contributed by atoms with Gasteiger partial charge in [0.25, 0.3) is 5.91 Å². The van der Waals surface area contributed by atoms with Crippen LogP contribution in [0.5, 0.6) is 0 Å². The molecule has 0 aromatic heterocycles. The predicted molar refractivity (Wildman–Crippen MR) is 110 cm³/mol. The van der Waals surface area contributed by atoms with E-state index in [1.54, 1.807) is 30.0 Å². The highest BCUT2D eigenvalue weighted by Crippen LogP contribution is 2.24. The third-order valence-corrected chi connectivity index (χ3v) is 5.72. The van der Waals surface area contributed by atoms with Crippen LogP contribution in [0.15, 0.2) is 29.2 Å². The first-order chi connectivity index (χ1) is 13.3. The maximum atomic E-state index is 12.6. The van der Waals surface area contributed by atoms with Gasteiger partial charge in [-0.3, -0.25) is 9.59 Å². The number of benzene rings is 1. The summed E-state index contributed by atoms with van der Waals surface area (Å²) >= 11 is 1.28. The smallest absolute Gasteiger partial charge is 0.340 e. The SMILES string of the molecule is CC1CCN(C(=O)C(C)OC(=O)c2ccccc2SCC(=O)NC(C)C)CC1. The molecule has 2 amide bonds. The Morgan fingerprint density at radius 1 is 1.18 bits per heavy atom. The van der Waals surface area contributed by atoms with Crippen LogP contribution in [0, 0.1) is 5.92 Å². The van der Waals surface area contributed by atoms with E-state index in [1.807, 2.05) is 19.9 Å². The molecule has 6 nitrogen and oxygen atoms in total. The number of carbonyl (C=O) groups is 3. The highest BCUT2D eigenvalue weighted by Gasteiger charge is 2.27. The zero-order valence-corrected chi connectivity index (χ0v) is 17.9. The molecule has 1 aromatic rings. The second-order valence-electron chi connectivity index (χ2n) is 7.56. The molecule has 1 N–H and O–H groups in total. The molecule has 28 heavy (non-hydrogen) atoms. The first-order valence-electron chi connectivity index (χ1n) is 9.79. The molecule has 1 aliphatic heterocycles. The number of carbonyl (C=O) groups excluding carboxylic acids is 3. The molecule has 1 heterocycles. The van der Waals surface area contributed by atoms with E-state index in [1.165, 1.54) is 11.8 Å². The van der Waals surface area contributed by atoms with Gasteiger partial charge in [0.2, 0.25) is 5.91 Å². The number of nitrogens with one attached hydrogen (secondary N) is 1. The molecule has 1 fully saturated rings. The van der Waals surface area contributed by atoms with Crippen LogP contribution in [0.3, 0.4) is 0 Å². The van der Waals surface area contributed by atoms with Crippen LogP contribution in [-0.2, 0) is 14.3 Å². The molecular formula is C21H30N2O4S. The van der Waals surface area contributed by atoms with Crippen LogP contribution in [-0.4, -0.2) is 53.7 Å². The normalized spacial score (nSPS) is 16.0. The second-order valence-corrected chi connectivity index (χ2v) is 8.58. The molecule has 0 spiro atoms. The monoisotopic (exact) mass is 406 g/mol. The number of hydrogen-bond donors (Lipinski definition) is 1. The van der Waals surface area contributed by atoms with E-state index in [4.69, 9.17) is 4.74 Å². The summed E-state index contributed by atoms with van der Waals surface area (Å²) in [6.07, 6.45) is 1.12. The van der Waals surface area contributed by atoms with Gasteiger partial charge in [0.15, 0.2) is 6.10 Å². The number of ether oxygens (including phenoxy) is 1. The van der Waals surface area contributed by atoms with Gasteiger partial charge in [-0.05, 0) is 51.7 Å². The lowest BCUT2D eigenvalue weighted by Crippen LogP contribution is -2.44. The summed E-state index contributed by atoms with van der Waals surface area (Å²) < 4.78 is 5.45. The third kappa shape index (κ3) is 6.55. The van der Waals surface area contributed by atoms with Crippen molar-refractivity contribution in [1.29, 1.82) is 0 Å². The van der Waals surface area contributed by atoms with Crippen molar-refractivity contribution in [2.45, 2.75) is 57.6 Å². The predicted octanol–water partition coefficient (Wildman–Crippen LogP) is 3.11. The summed E-state index contributed by atoms with van der Waals surface area (Å²) in [4.78, 5) is 39.5. The maximum Gasteiger partial charge on any atom is 0.340 e. The van der Waals surface area contributed by atoms with E-state index in [9.17, 15) is 14.4 Å². The van der Waals surface area contributed by atoms with Crippen LogP contribution >= 0.6 is 11.8 Å². The Balaban J connectivity index is 1.96. The quantitative estimate of drug-likeness (QED) is 0.556. The third-order valence-electron chi connectivity index (χ3n) is 4.64. The summed E-state index contributed by atoms with van der Waals surface area (Å²) in [6, 6.07) is 7.06. The fourth-order valence-corrected chi connectivity index (χ4v) is 3.88. The molecule has 1 aliphatic rings. The average Bonchev–Trinajstić information content (AvgIpc) is 2.66. The highest BCUT2D eigenvalue weighted by molar-refractivity contribution is 8.00. The highest BCUT2D eigenvalue weighted by atomic mass is 32.2. The molecule has 1 unspecified atom stereocenters. The lowest BCUT2D eigenvalue weighted by atomic mass is 9.99. The molecule has 7 heteroatoms. The van der Waals surface area contributed by atoms with Crippen molar-refractivity contribution in [3.63, 3.8) is 0 Å². The van der Waals surface area contributed by atoms with E-state index >= 15 is 0 Å². The number of piperidine rings is 1. The van der Waals surface area contributed by atoms with Crippen LogP contribution < -0.4 is 5.32 Å². The first kappa shape index (κ1) is 22.3. The summed E-state index contributed by atoms with van der Waals surface area (Å²) in [5.41, 5.74) is 0.372. The topological polar surface area (TPSA) is 75.7 Å². The Kier molecular flexibility index (Phi) is 8.35. The van der Waals surface area contributed by atoms with Crippen LogP contribution in [0.25, 0.3) is 0 Å². The van der Waals surface area contributed by atoms with E-state index in [2.05, 4.69) is 12.2 Å². The Labute approximate surface area is 171 Å². The Morgan fingerprint density at radius 2 is 1.82 bits per heavy atom. The lowest BCUT2D eigenvalue weighted by molar-refractivity contribution is -0.141. The van der Waals surface area contributed by atoms with Crippen molar-refractivity contribution >= 4 is 29.5 Å². The zero-order chi connectivity index (χ0) is 20.7. The largest absolute Gasteiger partial charge is 0.449 e. The minimum Gasteiger partial charge on any atom is -0.449 e. The minimum atomic E-state index is -0.830. The Hall–Kier alpha value is -2.02. The molecule has 0 radical (unpaired) electrons. The van der Waals surface area contributed by atoms with Gasteiger partial charge in [0.05, 0.1) is 11.3 Å². The van der Waals surface area contributed by atoms with Crippen LogP contribution in [0.1, 0.15) is 50.9 Å². The Bertz CT molecular complexity index is 699. The molecule has 1 aromatic carbocycles. The van der Waals surface area contributed by atoms with E-state index in [0.29, 0.717) is 29.5 Å². The van der Waals surface area contributed by atoms with Gasteiger partial charge in [-0.15, -0.1) is 11.8 Å². The minimum absolute atomic E-state index is 0.0675. The fourth-order valence-electron chi connectivity index (χ4n) is 3.03. The number of hydrogen-bond acceptors (Lipinski definition) is 5. The van der Waals surface area contributed by atoms with E-state index in [-0.39, 0.29) is 23.6 Å². The number of amides is 2. The van der Waals surface area contributed by atoms with Gasteiger partial charge in [-0.25, -0.2) is 4.79 Å². The number of likely N-dealkylation sites (tertiary alicyclic amines) is 1. The van der Waals surface area contributed by atoms with Gasteiger partial charge in [-0.1, -0.05) is 19.1 Å². The maximum absolute atomic E-state index is 12.6. The molecule has 0 bridgehead atoms. The standard InChI is InChI=1S/C21H30N2O4S/c1-14(2)22-19(24)13-28-18-8-6-5-7-17(18)21(26)27-16(4)20(25)23-11-9-15(3)10-12-23/h5-8,14-16H,9-13H2,1-4H3,(H,22,24). The van der Waals surface area contributed by atoms with Crippen molar-refractivity contribution in [2.24, 2.45) is 5.92 Å². The Morgan fingerprint density at radius 3 is 2.46 bits per heavy atom. The number of nitrogens with zero attached hydrogens (tertiary/aromatic N) is 1. The summed E-state index contributed by atoms with van der Waals surface area (Å²) in [7, 11) is 0. The zero-order valence-electron chi connectivity index (χ0n) is 17.1. The van der Waals surface area contributed by atoms with Crippen LogP contribution in [0.2, 0.25) is 0 Å². The molecule has 0 saturated carbocycles. The van der Waals surface area contributed by atoms with Gasteiger partial charge in [0.1, 0.15) is 0 Å². The molecule has 0 aliphatic carbocycles. The number of rotatable bonds is 7. The number of esters is 1. The summed E-state index contributed by atoms with van der Waals surface area (Å²) in [6.45, 7) is 9.01. The fraction of sp³-hybridized carbons (Fsp3) is 0.571. The molecule has 1 saturated heterocycles. The summed E-state index contributed by atoms with van der Waals surface area (Å²) in [5.74, 6) is 0.0492. The van der Waals surface area contributed by atoms with E-state index < -0.39 is 12.1 Å². The number of thioether (sulfide) groups is 1. The first-order valence-corrected chi connectivity index (χ1v) is 10.8. The van der Waals surface area contributed by atoms with E-state index in [0.717, 1.165) is 12.8 Å². The van der Waals surface area contributed by atoms with Crippen molar-refractivity contribution in [2.75, 3.05) is 18.8 Å². The van der Waals surface area contributed by atoms with Crippen LogP contribution in [0.4, 0.5) is 0 Å². The van der Waals surface area contributed by atoms with Crippen molar-refractivity contribution < 1.29 is 19.1 Å². The lowest BCUT2D eigenvalue weighted by Gasteiger charge is -2.31. The van der Waals surface area contributed by atoms with Crippen molar-refractivity contribution in [1.82, 2.24) is 10.2 Å². The molecule has 1 atom stereocenters. The van der Waals surface area contributed by atoms with Gasteiger partial charge >= 0.3 is 5.97 Å². The van der Waals surface area contributed by atoms with Crippen molar-refractivity contribution in [3.8, 4) is 0 Å². The second kappa shape index (κ2) is 10.5. The molecule has 2 rings (SSSR count). The average molecular weight is 407 g/mol. The molecular weight excluding hydrogens is 376 g/mol. The van der Waals surface area contributed by atoms with Gasteiger partial charge in [-0.2, -0.15) is 0 Å². The molecule has 154 valence electrons. The summed E-state index contributed by atoms with van der Waals surface area (Å²) in [5, 5.41) is 2.82. The van der Waals surface area contributed by atoms with Gasteiger partial charge < -0.3 is 15.0 Å². The van der Waals surface area contributed by atoms with Gasteiger partial charge in [0, 0.05) is 24.0 Å². The van der Waals surface area contributed by atoms with Crippen molar-refractivity contribution in [3.05, 3.63) is 29.8 Å².